The highest BCUT2D eigenvalue weighted by Gasteiger charge is 2.33. The maximum absolute atomic E-state index is 8.60. The number of anilines is 4. The molecule has 0 atom stereocenters. The molecule has 7 aromatic carbocycles. The molecule has 0 bridgehead atoms. The number of pyridine rings is 1. The largest absolute Gasteiger partial charge is 0.457 e. The van der Waals surface area contributed by atoms with Gasteiger partial charge in [-0.3, -0.25) is 4.57 Å². The highest BCUT2D eigenvalue weighted by atomic mass is 16.5. The zero-order valence-corrected chi connectivity index (χ0v) is 36.3. The van der Waals surface area contributed by atoms with Crippen LogP contribution < -0.4 is 14.5 Å². The lowest BCUT2D eigenvalue weighted by molar-refractivity contribution is 0.483. The first-order chi connectivity index (χ1) is 32.0. The molecule has 10 rings (SSSR count). The molecule has 1 aliphatic rings. The second kappa shape index (κ2) is 15.1. The average Bonchev–Trinajstić information content (AvgIpc) is 3.87. The van der Waals surface area contributed by atoms with E-state index in [-0.39, 0.29) is 40.6 Å². The summed E-state index contributed by atoms with van der Waals surface area (Å²) in [6.07, 6.45) is 1.61. The summed E-state index contributed by atoms with van der Waals surface area (Å²) < 4.78 is 50.6. The molecule has 62 heavy (non-hydrogen) atoms. The Morgan fingerprint density at radius 1 is 0.565 bits per heavy atom. The molecule has 0 spiro atoms. The Balaban J connectivity index is 1.04. The summed E-state index contributed by atoms with van der Waals surface area (Å²) in [5.74, 6) is 1.99. The van der Waals surface area contributed by atoms with E-state index in [0.29, 0.717) is 29.5 Å². The molecule has 0 saturated carbocycles. The van der Waals surface area contributed by atoms with Gasteiger partial charge in [-0.15, -0.1) is 0 Å². The van der Waals surface area contributed by atoms with Gasteiger partial charge in [0, 0.05) is 51.6 Å². The van der Waals surface area contributed by atoms with E-state index in [9.17, 15) is 0 Å². The van der Waals surface area contributed by atoms with Crippen molar-refractivity contribution in [2.45, 2.75) is 59.3 Å². The van der Waals surface area contributed by atoms with Crippen molar-refractivity contribution in [1.29, 1.82) is 0 Å². The number of aromatic nitrogens is 2. The molecule has 0 unspecified atom stereocenters. The molecule has 1 aliphatic heterocycles. The first-order valence-corrected chi connectivity index (χ1v) is 21.2. The number of fused-ring (bicyclic) bond motifs is 4. The third-order valence-electron chi connectivity index (χ3n) is 12.0. The first-order valence-electron chi connectivity index (χ1n) is 23.7. The smallest absolute Gasteiger partial charge is 0.137 e. The topological polar surface area (TPSA) is 33.5 Å². The van der Waals surface area contributed by atoms with Gasteiger partial charge in [-0.25, -0.2) is 4.98 Å². The van der Waals surface area contributed by atoms with Crippen LogP contribution in [0.25, 0.3) is 49.9 Å². The van der Waals surface area contributed by atoms with Gasteiger partial charge >= 0.3 is 0 Å². The lowest BCUT2D eigenvalue weighted by Crippen LogP contribution is -2.25. The van der Waals surface area contributed by atoms with Crippen molar-refractivity contribution in [2.75, 3.05) is 16.5 Å². The van der Waals surface area contributed by atoms with E-state index < -0.39 is 6.04 Å². The third kappa shape index (κ3) is 7.07. The van der Waals surface area contributed by atoms with Gasteiger partial charge in [0.25, 0.3) is 0 Å². The highest BCUT2D eigenvalue weighted by Crippen LogP contribution is 2.51. The molecule has 3 heterocycles. The van der Waals surface area contributed by atoms with E-state index in [1.807, 2.05) is 49.4 Å². The first kappa shape index (κ1) is 33.6. The van der Waals surface area contributed by atoms with Gasteiger partial charge < -0.3 is 14.5 Å². The zero-order chi connectivity index (χ0) is 47.1. The summed E-state index contributed by atoms with van der Waals surface area (Å²) in [6, 6.07) is 47.1. The molecule has 5 nitrogen and oxygen atoms in total. The fourth-order valence-electron chi connectivity index (χ4n) is 8.66. The molecule has 0 radical (unpaired) electrons. The minimum absolute atomic E-state index is 0.0439. The number of rotatable bonds is 7. The van der Waals surface area contributed by atoms with Gasteiger partial charge in [-0.05, 0) is 100 Å². The highest BCUT2D eigenvalue weighted by molar-refractivity contribution is 6.09. The maximum atomic E-state index is 8.60. The van der Waals surface area contributed by atoms with Crippen molar-refractivity contribution in [3.63, 3.8) is 0 Å². The van der Waals surface area contributed by atoms with Crippen molar-refractivity contribution < 1.29 is 11.6 Å². The van der Waals surface area contributed by atoms with Crippen LogP contribution in [-0.4, -0.2) is 16.2 Å². The van der Waals surface area contributed by atoms with Gasteiger partial charge in [0.2, 0.25) is 0 Å². The number of nitrogens with zero attached hydrogens (tertiary/aromatic N) is 4. The molecule has 0 fully saturated rings. The zero-order valence-electron chi connectivity index (χ0n) is 41.3. The summed E-state index contributed by atoms with van der Waals surface area (Å²) in [5.41, 5.74) is 12.5. The Kier molecular flexibility index (Phi) is 8.18. The van der Waals surface area contributed by atoms with Gasteiger partial charge in [-0.2, -0.15) is 0 Å². The molecule has 0 saturated heterocycles. The fraction of sp³-hybridized carbons (Fsp3) is 0.175. The van der Waals surface area contributed by atoms with Crippen molar-refractivity contribution in [3.8, 4) is 39.6 Å². The minimum Gasteiger partial charge on any atom is -0.457 e. The molecule has 0 amide bonds. The summed E-state index contributed by atoms with van der Waals surface area (Å²) in [5, 5.41) is 2.08. The predicted octanol–water partition coefficient (Wildman–Crippen LogP) is 15.5. The maximum Gasteiger partial charge on any atom is 0.137 e. The number of ether oxygens (including phenoxy) is 1. The van der Waals surface area contributed by atoms with E-state index in [0.717, 1.165) is 55.7 Å². The standard InChI is InChI=1S/C57H52N4O/c1-38-30-54(58-36-50(38)40-20-12-9-13-21-40)61-51-26-15-14-24-48(51)49-29-28-46(35-53(49)61)62-45-23-16-22-43(34-45)59-37-60(44-32-41(56(2,3)4)31-42(33-44)57(5,6)7)55-47(25-17-27-52(55)59)39-18-10-8-11-19-39/h8-36H,37H2,1-7H3/i9D,12D,13D,20D,21D. The SMILES string of the molecule is [2H]c1c([2H])c([2H])c(-c2cnc(-n3c4ccccc4c4ccc(Oc5cccc(N6CN(c7cc(C(C)(C)C)cc(C(C)(C)C)c7)c7c(-c8ccccc8)cccc76)c5)cc43)cc2C)c([2H])c1[2H]. The van der Waals surface area contributed by atoms with Crippen molar-refractivity contribution in [3.05, 3.63) is 193 Å². The van der Waals surface area contributed by atoms with Gasteiger partial charge in [0.15, 0.2) is 0 Å². The molecule has 2 aromatic heterocycles. The van der Waals surface area contributed by atoms with Crippen LogP contribution in [0.15, 0.2) is 176 Å². The summed E-state index contributed by atoms with van der Waals surface area (Å²) in [7, 11) is 0. The molecule has 9 aromatic rings. The van der Waals surface area contributed by atoms with Crippen molar-refractivity contribution in [1.82, 2.24) is 9.55 Å². The van der Waals surface area contributed by atoms with Crippen molar-refractivity contribution in [2.24, 2.45) is 0 Å². The summed E-state index contributed by atoms with van der Waals surface area (Å²) in [6.45, 7) is 16.2. The predicted molar refractivity (Wildman–Crippen MR) is 260 cm³/mol. The van der Waals surface area contributed by atoms with Crippen LogP contribution in [0.1, 0.15) is 65.1 Å². The molecule has 0 N–H and O–H groups in total. The number of para-hydroxylation sites is 2. The Morgan fingerprint density at radius 2 is 1.26 bits per heavy atom. The third-order valence-corrected chi connectivity index (χ3v) is 12.0. The number of aryl methyl sites for hydroxylation is 1. The van der Waals surface area contributed by atoms with Crippen LogP contribution in [0.3, 0.4) is 0 Å². The molecule has 5 heteroatoms. The van der Waals surface area contributed by atoms with Crippen LogP contribution >= 0.6 is 0 Å². The van der Waals surface area contributed by atoms with E-state index in [1.54, 1.807) is 6.20 Å². The van der Waals surface area contributed by atoms with Crippen LogP contribution in [0, 0.1) is 6.92 Å². The number of hydrogen-bond acceptors (Lipinski definition) is 4. The van der Waals surface area contributed by atoms with Crippen molar-refractivity contribution >= 4 is 44.6 Å². The molecule has 0 aliphatic carbocycles. The normalized spacial score (nSPS) is 14.1. The second-order valence-electron chi connectivity index (χ2n) is 18.3. The Labute approximate surface area is 372 Å². The molecular weight excluding hydrogens is 757 g/mol. The van der Waals surface area contributed by atoms with E-state index in [1.165, 1.54) is 16.7 Å². The van der Waals surface area contributed by atoms with E-state index in [2.05, 4.69) is 153 Å². The number of benzene rings is 7. The van der Waals surface area contributed by atoms with Crippen LogP contribution in [-0.2, 0) is 10.8 Å². The van der Waals surface area contributed by atoms with Gasteiger partial charge in [-0.1, -0.05) is 145 Å². The Bertz CT molecular complexity index is 3360. The molecular formula is C57H52N4O. The van der Waals surface area contributed by atoms with Gasteiger partial charge in [0.1, 0.15) is 24.0 Å². The minimum atomic E-state index is -0.422. The molecule has 306 valence electrons. The number of hydrogen-bond donors (Lipinski definition) is 0. The lowest BCUT2D eigenvalue weighted by Gasteiger charge is -2.30. The monoisotopic (exact) mass is 813 g/mol. The van der Waals surface area contributed by atoms with E-state index >= 15 is 0 Å². The van der Waals surface area contributed by atoms with E-state index in [4.69, 9.17) is 16.6 Å². The van der Waals surface area contributed by atoms with Crippen LogP contribution in [0.5, 0.6) is 11.5 Å². The lowest BCUT2D eigenvalue weighted by atomic mass is 9.80. The van der Waals surface area contributed by atoms with Gasteiger partial charge in [0.05, 0.1) is 29.3 Å². The quantitative estimate of drug-likeness (QED) is 0.160. The average molecular weight is 814 g/mol. The van der Waals surface area contributed by atoms with Crippen LogP contribution in [0.4, 0.5) is 22.7 Å². The van der Waals surface area contributed by atoms with Crippen LogP contribution in [0.2, 0.25) is 0 Å². The Morgan fingerprint density at radius 3 is 2.00 bits per heavy atom. The summed E-state index contributed by atoms with van der Waals surface area (Å²) >= 11 is 0. The Hall–Kier alpha value is -7.11. The summed E-state index contributed by atoms with van der Waals surface area (Å²) in [4.78, 5) is 9.71. The second-order valence-corrected chi connectivity index (χ2v) is 18.3. The fourth-order valence-corrected chi connectivity index (χ4v) is 8.66.